The third-order valence-electron chi connectivity index (χ3n) is 3.03. The van der Waals surface area contributed by atoms with E-state index in [4.69, 9.17) is 4.74 Å². The molecule has 3 nitrogen and oxygen atoms in total. The average Bonchev–Trinajstić information content (AvgIpc) is 2.74. The van der Waals surface area contributed by atoms with E-state index in [0.717, 1.165) is 16.9 Å². The van der Waals surface area contributed by atoms with Crippen LogP contribution in [0.3, 0.4) is 0 Å². The Balaban J connectivity index is 1.82. The van der Waals surface area contributed by atoms with Crippen LogP contribution in [-0.4, -0.2) is 24.0 Å². The third kappa shape index (κ3) is 2.23. The van der Waals surface area contributed by atoms with Crippen molar-refractivity contribution < 1.29 is 9.53 Å². The van der Waals surface area contributed by atoms with Crippen molar-refractivity contribution in [2.45, 2.75) is 12.8 Å². The van der Waals surface area contributed by atoms with E-state index in [9.17, 15) is 4.79 Å². The molecule has 0 aliphatic carbocycles. The molecule has 1 atom stereocenters. The first-order valence-electron chi connectivity index (χ1n) is 5.78. The molecule has 0 bridgehead atoms. The van der Waals surface area contributed by atoms with E-state index in [-0.39, 0.29) is 5.92 Å². The van der Waals surface area contributed by atoms with Crippen LogP contribution in [0.2, 0.25) is 0 Å². The van der Waals surface area contributed by atoms with Gasteiger partial charge >= 0.3 is 0 Å². The predicted octanol–water partition coefficient (Wildman–Crippen LogP) is 2.44. The molecule has 88 valence electrons. The number of ether oxygens (including phenoxy) is 1. The van der Waals surface area contributed by atoms with Gasteiger partial charge in [0.05, 0.1) is 28.4 Å². The van der Waals surface area contributed by atoms with Crippen LogP contribution in [0.4, 0.5) is 0 Å². The number of fused-ring (bicyclic) bond motifs is 1. The van der Waals surface area contributed by atoms with Crippen molar-refractivity contribution in [2.75, 3.05) is 13.2 Å². The second-order valence-electron chi connectivity index (χ2n) is 4.27. The fourth-order valence-corrected chi connectivity index (χ4v) is 3.13. The zero-order chi connectivity index (χ0) is 11.7. The standard InChI is InChI=1S/C13H13NO2S/c15-11-5-6-16-8-9(11)7-13-14-10-3-1-2-4-12(10)17-13/h1-4,9H,5-8H2. The minimum Gasteiger partial charge on any atom is -0.380 e. The maximum Gasteiger partial charge on any atom is 0.140 e. The van der Waals surface area contributed by atoms with Crippen LogP contribution < -0.4 is 0 Å². The summed E-state index contributed by atoms with van der Waals surface area (Å²) in [7, 11) is 0. The largest absolute Gasteiger partial charge is 0.380 e. The first kappa shape index (κ1) is 10.9. The molecule has 0 amide bonds. The first-order chi connectivity index (χ1) is 8.33. The molecule has 1 aromatic heterocycles. The summed E-state index contributed by atoms with van der Waals surface area (Å²) in [6.07, 6.45) is 1.27. The number of aromatic nitrogens is 1. The SMILES string of the molecule is O=C1CCOCC1Cc1nc2ccccc2s1. The summed E-state index contributed by atoms with van der Waals surface area (Å²) < 4.78 is 6.54. The Morgan fingerprint density at radius 3 is 3.12 bits per heavy atom. The highest BCUT2D eigenvalue weighted by molar-refractivity contribution is 7.18. The zero-order valence-electron chi connectivity index (χ0n) is 9.39. The topological polar surface area (TPSA) is 39.2 Å². The minimum atomic E-state index is 0.00399. The molecule has 1 aliphatic rings. The van der Waals surface area contributed by atoms with Crippen LogP contribution >= 0.6 is 11.3 Å². The fraction of sp³-hybridized carbons (Fsp3) is 0.385. The minimum absolute atomic E-state index is 0.00399. The lowest BCUT2D eigenvalue weighted by atomic mass is 9.97. The van der Waals surface area contributed by atoms with Crippen LogP contribution in [0.25, 0.3) is 10.2 Å². The van der Waals surface area contributed by atoms with Crippen molar-refractivity contribution in [1.29, 1.82) is 0 Å². The van der Waals surface area contributed by atoms with Crippen molar-refractivity contribution in [2.24, 2.45) is 5.92 Å². The molecule has 1 aromatic carbocycles. The summed E-state index contributed by atoms with van der Waals surface area (Å²) in [5.41, 5.74) is 1.02. The van der Waals surface area contributed by atoms with E-state index >= 15 is 0 Å². The van der Waals surface area contributed by atoms with Crippen molar-refractivity contribution in [3.8, 4) is 0 Å². The van der Waals surface area contributed by atoms with Gasteiger partial charge in [0, 0.05) is 18.8 Å². The van der Waals surface area contributed by atoms with Crippen molar-refractivity contribution in [1.82, 2.24) is 4.98 Å². The van der Waals surface area contributed by atoms with Crippen LogP contribution in [-0.2, 0) is 16.0 Å². The Hall–Kier alpha value is -1.26. The van der Waals surface area contributed by atoms with Gasteiger partial charge in [-0.05, 0) is 12.1 Å². The molecule has 0 radical (unpaired) electrons. The molecule has 0 N–H and O–H groups in total. The predicted molar refractivity (Wildman–Crippen MR) is 67.3 cm³/mol. The molecule has 4 heteroatoms. The molecule has 1 fully saturated rings. The summed E-state index contributed by atoms with van der Waals surface area (Å²) in [5, 5.41) is 1.04. The molecule has 2 aromatic rings. The summed E-state index contributed by atoms with van der Waals surface area (Å²) in [6.45, 7) is 1.13. The Bertz CT molecular complexity index is 516. The number of carbonyl (C=O) groups excluding carboxylic acids is 1. The fourth-order valence-electron chi connectivity index (χ4n) is 2.09. The first-order valence-corrected chi connectivity index (χ1v) is 6.59. The van der Waals surface area contributed by atoms with Gasteiger partial charge in [-0.2, -0.15) is 0 Å². The Kier molecular flexibility index (Phi) is 2.91. The monoisotopic (exact) mass is 247 g/mol. The van der Waals surface area contributed by atoms with Gasteiger partial charge in [-0.3, -0.25) is 4.79 Å². The van der Waals surface area contributed by atoms with Crippen molar-refractivity contribution in [3.63, 3.8) is 0 Å². The lowest BCUT2D eigenvalue weighted by Gasteiger charge is -2.19. The number of thiazole rings is 1. The van der Waals surface area contributed by atoms with Crippen LogP contribution in [0.15, 0.2) is 24.3 Å². The van der Waals surface area contributed by atoms with Gasteiger partial charge in [-0.15, -0.1) is 11.3 Å². The molecule has 1 unspecified atom stereocenters. The third-order valence-corrected chi connectivity index (χ3v) is 4.09. The zero-order valence-corrected chi connectivity index (χ0v) is 10.2. The summed E-state index contributed by atoms with van der Waals surface area (Å²) in [4.78, 5) is 16.3. The normalized spacial score (nSPS) is 20.9. The van der Waals surface area contributed by atoms with E-state index in [1.165, 1.54) is 4.70 Å². The Morgan fingerprint density at radius 1 is 1.41 bits per heavy atom. The summed E-state index contributed by atoms with van der Waals surface area (Å²) in [5.74, 6) is 0.319. The van der Waals surface area contributed by atoms with Gasteiger partial charge in [0.25, 0.3) is 0 Å². The molecular weight excluding hydrogens is 234 g/mol. The van der Waals surface area contributed by atoms with Gasteiger partial charge in [0.1, 0.15) is 5.78 Å². The van der Waals surface area contributed by atoms with Gasteiger partial charge in [0.2, 0.25) is 0 Å². The Morgan fingerprint density at radius 2 is 2.29 bits per heavy atom. The van der Waals surface area contributed by atoms with Crippen LogP contribution in [0, 0.1) is 5.92 Å². The number of Topliss-reactive ketones (excluding diaryl/α,β-unsaturated/α-hetero) is 1. The lowest BCUT2D eigenvalue weighted by Crippen LogP contribution is -2.29. The van der Waals surface area contributed by atoms with Gasteiger partial charge in [-0.1, -0.05) is 12.1 Å². The number of para-hydroxylation sites is 1. The highest BCUT2D eigenvalue weighted by atomic mass is 32.1. The van der Waals surface area contributed by atoms with Crippen molar-refractivity contribution >= 4 is 27.3 Å². The van der Waals surface area contributed by atoms with Crippen LogP contribution in [0.5, 0.6) is 0 Å². The number of nitrogens with zero attached hydrogens (tertiary/aromatic N) is 1. The Labute approximate surface area is 103 Å². The summed E-state index contributed by atoms with van der Waals surface area (Å²) in [6, 6.07) is 8.07. The molecule has 17 heavy (non-hydrogen) atoms. The number of hydrogen-bond acceptors (Lipinski definition) is 4. The maximum absolute atomic E-state index is 11.7. The number of ketones is 1. The van der Waals surface area contributed by atoms with Gasteiger partial charge in [-0.25, -0.2) is 4.98 Å². The molecular formula is C13H13NO2S. The maximum atomic E-state index is 11.7. The molecule has 2 heterocycles. The highest BCUT2D eigenvalue weighted by Gasteiger charge is 2.24. The number of carbonyl (C=O) groups is 1. The number of benzene rings is 1. The second-order valence-corrected chi connectivity index (χ2v) is 5.38. The number of rotatable bonds is 2. The second kappa shape index (κ2) is 4.55. The number of hydrogen-bond donors (Lipinski definition) is 0. The van der Waals surface area contributed by atoms with E-state index in [2.05, 4.69) is 11.1 Å². The summed E-state index contributed by atoms with van der Waals surface area (Å²) >= 11 is 1.67. The highest BCUT2D eigenvalue weighted by Crippen LogP contribution is 2.25. The lowest BCUT2D eigenvalue weighted by molar-refractivity contribution is -0.130. The smallest absolute Gasteiger partial charge is 0.140 e. The van der Waals surface area contributed by atoms with E-state index in [1.807, 2.05) is 18.2 Å². The quantitative estimate of drug-likeness (QED) is 0.818. The molecule has 0 spiro atoms. The van der Waals surface area contributed by atoms with E-state index in [1.54, 1.807) is 11.3 Å². The van der Waals surface area contributed by atoms with Gasteiger partial charge in [0.15, 0.2) is 0 Å². The van der Waals surface area contributed by atoms with Gasteiger partial charge < -0.3 is 4.74 Å². The molecule has 0 saturated carbocycles. The molecule has 1 saturated heterocycles. The molecule has 3 rings (SSSR count). The average molecular weight is 247 g/mol. The van der Waals surface area contributed by atoms with E-state index in [0.29, 0.717) is 25.4 Å². The van der Waals surface area contributed by atoms with Crippen LogP contribution in [0.1, 0.15) is 11.4 Å². The van der Waals surface area contributed by atoms with E-state index < -0.39 is 0 Å². The van der Waals surface area contributed by atoms with Crippen molar-refractivity contribution in [3.05, 3.63) is 29.3 Å². The molecule has 1 aliphatic heterocycles.